The van der Waals surface area contributed by atoms with Crippen LogP contribution in [-0.2, 0) is 12.8 Å². The van der Waals surface area contributed by atoms with Crippen LogP contribution in [0.5, 0.6) is 0 Å². The SMILES string of the molecule is CCN1c2cc(CC(C)(C)O)ccc2CC1C. The molecule has 2 rings (SSSR count). The van der Waals surface area contributed by atoms with Crippen LogP contribution in [0.25, 0.3) is 0 Å². The van der Waals surface area contributed by atoms with Gasteiger partial charge in [-0.05, 0) is 51.3 Å². The Morgan fingerprint density at radius 3 is 2.71 bits per heavy atom. The number of hydrogen-bond donors (Lipinski definition) is 1. The van der Waals surface area contributed by atoms with Gasteiger partial charge in [0, 0.05) is 24.7 Å². The maximum Gasteiger partial charge on any atom is 0.0631 e. The zero-order valence-corrected chi connectivity index (χ0v) is 11.3. The van der Waals surface area contributed by atoms with E-state index in [0.717, 1.165) is 13.0 Å². The summed E-state index contributed by atoms with van der Waals surface area (Å²) in [6, 6.07) is 7.23. The number of anilines is 1. The molecule has 0 aliphatic carbocycles. The molecule has 1 aromatic rings. The molecule has 1 atom stereocenters. The van der Waals surface area contributed by atoms with Crippen LogP contribution in [-0.4, -0.2) is 23.3 Å². The Bertz CT molecular complexity index is 406. The molecule has 0 saturated heterocycles. The second-order valence-electron chi connectivity index (χ2n) is 5.79. The number of aliphatic hydroxyl groups is 1. The van der Waals surface area contributed by atoms with Gasteiger partial charge in [0.15, 0.2) is 0 Å². The van der Waals surface area contributed by atoms with Gasteiger partial charge in [-0.15, -0.1) is 0 Å². The highest BCUT2D eigenvalue weighted by molar-refractivity contribution is 5.60. The quantitative estimate of drug-likeness (QED) is 0.867. The van der Waals surface area contributed by atoms with E-state index in [9.17, 15) is 5.11 Å². The molecule has 1 unspecified atom stereocenters. The molecule has 0 fully saturated rings. The lowest BCUT2D eigenvalue weighted by molar-refractivity contribution is 0.0810. The first-order valence-corrected chi connectivity index (χ1v) is 6.51. The molecule has 0 radical (unpaired) electrons. The maximum atomic E-state index is 9.88. The zero-order chi connectivity index (χ0) is 12.6. The molecule has 1 aromatic carbocycles. The molecule has 0 amide bonds. The van der Waals surface area contributed by atoms with Gasteiger partial charge in [0.2, 0.25) is 0 Å². The number of fused-ring (bicyclic) bond motifs is 1. The first-order chi connectivity index (χ1) is 7.90. The molecule has 1 N–H and O–H groups in total. The Hall–Kier alpha value is -1.02. The van der Waals surface area contributed by atoms with E-state index < -0.39 is 5.60 Å². The zero-order valence-electron chi connectivity index (χ0n) is 11.3. The molecule has 17 heavy (non-hydrogen) atoms. The first-order valence-electron chi connectivity index (χ1n) is 6.51. The van der Waals surface area contributed by atoms with Crippen LogP contribution in [0.2, 0.25) is 0 Å². The third kappa shape index (κ3) is 2.63. The molecule has 1 aliphatic rings. The van der Waals surface area contributed by atoms with Crippen LogP contribution in [0.4, 0.5) is 5.69 Å². The van der Waals surface area contributed by atoms with E-state index in [1.165, 1.54) is 16.8 Å². The van der Waals surface area contributed by atoms with E-state index in [2.05, 4.69) is 36.9 Å². The number of rotatable bonds is 3. The van der Waals surface area contributed by atoms with Gasteiger partial charge in [-0.1, -0.05) is 12.1 Å². The topological polar surface area (TPSA) is 23.5 Å². The van der Waals surface area contributed by atoms with Crippen molar-refractivity contribution in [1.82, 2.24) is 0 Å². The summed E-state index contributed by atoms with van der Waals surface area (Å²) in [5.41, 5.74) is 3.40. The van der Waals surface area contributed by atoms with Crippen LogP contribution >= 0.6 is 0 Å². The fourth-order valence-corrected chi connectivity index (χ4v) is 2.81. The van der Waals surface area contributed by atoms with Gasteiger partial charge in [-0.3, -0.25) is 0 Å². The Morgan fingerprint density at radius 2 is 2.12 bits per heavy atom. The number of hydrogen-bond acceptors (Lipinski definition) is 2. The summed E-state index contributed by atoms with van der Waals surface area (Å²) in [5.74, 6) is 0. The van der Waals surface area contributed by atoms with Crippen molar-refractivity contribution in [2.24, 2.45) is 0 Å². The Morgan fingerprint density at radius 1 is 1.41 bits per heavy atom. The number of benzene rings is 1. The van der Waals surface area contributed by atoms with Crippen molar-refractivity contribution in [3.05, 3.63) is 29.3 Å². The first kappa shape index (κ1) is 12.4. The lowest BCUT2D eigenvalue weighted by atomic mass is 9.97. The van der Waals surface area contributed by atoms with E-state index in [4.69, 9.17) is 0 Å². The van der Waals surface area contributed by atoms with Gasteiger partial charge in [-0.2, -0.15) is 0 Å². The van der Waals surface area contributed by atoms with Crippen LogP contribution in [0, 0.1) is 0 Å². The molecular weight excluding hydrogens is 210 g/mol. The minimum Gasteiger partial charge on any atom is -0.390 e. The third-order valence-electron chi connectivity index (χ3n) is 3.48. The van der Waals surface area contributed by atoms with E-state index in [1.54, 1.807) is 0 Å². The lowest BCUT2D eigenvalue weighted by Crippen LogP contribution is -2.28. The van der Waals surface area contributed by atoms with Gasteiger partial charge < -0.3 is 10.0 Å². The Kier molecular flexibility index (Phi) is 3.17. The molecule has 2 nitrogen and oxygen atoms in total. The van der Waals surface area contributed by atoms with Gasteiger partial charge >= 0.3 is 0 Å². The highest BCUT2D eigenvalue weighted by Gasteiger charge is 2.25. The summed E-state index contributed by atoms with van der Waals surface area (Å²) >= 11 is 0. The smallest absolute Gasteiger partial charge is 0.0631 e. The molecule has 0 bridgehead atoms. The van der Waals surface area contributed by atoms with E-state index in [-0.39, 0.29) is 0 Å². The average molecular weight is 233 g/mol. The lowest BCUT2D eigenvalue weighted by Gasteiger charge is -2.24. The summed E-state index contributed by atoms with van der Waals surface area (Å²) in [6.45, 7) is 9.26. The second kappa shape index (κ2) is 4.34. The van der Waals surface area contributed by atoms with Crippen molar-refractivity contribution < 1.29 is 5.11 Å². The van der Waals surface area contributed by atoms with Gasteiger partial charge in [0.1, 0.15) is 0 Å². The number of nitrogens with zero attached hydrogens (tertiary/aromatic N) is 1. The fraction of sp³-hybridized carbons (Fsp3) is 0.600. The normalized spacial score (nSPS) is 19.6. The maximum absolute atomic E-state index is 9.88. The predicted octanol–water partition coefficient (Wildman–Crippen LogP) is 2.77. The van der Waals surface area contributed by atoms with Crippen molar-refractivity contribution in [2.45, 2.75) is 52.2 Å². The summed E-state index contributed by atoms with van der Waals surface area (Å²) in [4.78, 5) is 2.45. The average Bonchev–Trinajstić information content (AvgIpc) is 2.50. The molecule has 1 heterocycles. The van der Waals surface area contributed by atoms with Crippen molar-refractivity contribution >= 4 is 5.69 Å². The molecule has 0 saturated carbocycles. The summed E-state index contributed by atoms with van der Waals surface area (Å²) in [6.07, 6.45) is 1.86. The van der Waals surface area contributed by atoms with Crippen molar-refractivity contribution in [3.63, 3.8) is 0 Å². The Balaban J connectivity index is 2.28. The van der Waals surface area contributed by atoms with Crippen molar-refractivity contribution in [2.75, 3.05) is 11.4 Å². The molecular formula is C15H23NO. The van der Waals surface area contributed by atoms with Gasteiger partial charge in [0.05, 0.1) is 5.60 Å². The Labute approximate surface area is 104 Å². The highest BCUT2D eigenvalue weighted by Crippen LogP contribution is 2.33. The molecule has 0 spiro atoms. The van der Waals surface area contributed by atoms with E-state index >= 15 is 0 Å². The van der Waals surface area contributed by atoms with Gasteiger partial charge in [-0.25, -0.2) is 0 Å². The fourth-order valence-electron chi connectivity index (χ4n) is 2.81. The predicted molar refractivity (Wildman–Crippen MR) is 72.6 cm³/mol. The van der Waals surface area contributed by atoms with Crippen LogP contribution in [0.15, 0.2) is 18.2 Å². The molecule has 2 heteroatoms. The molecule has 94 valence electrons. The van der Waals surface area contributed by atoms with E-state index in [0.29, 0.717) is 12.5 Å². The van der Waals surface area contributed by atoms with Gasteiger partial charge in [0.25, 0.3) is 0 Å². The van der Waals surface area contributed by atoms with E-state index in [1.807, 2.05) is 13.8 Å². The van der Waals surface area contributed by atoms with Crippen LogP contribution in [0.3, 0.4) is 0 Å². The van der Waals surface area contributed by atoms with Crippen LogP contribution < -0.4 is 4.90 Å². The largest absolute Gasteiger partial charge is 0.390 e. The van der Waals surface area contributed by atoms with Crippen molar-refractivity contribution in [1.29, 1.82) is 0 Å². The summed E-state index contributed by atoms with van der Waals surface area (Å²) in [5, 5.41) is 9.88. The second-order valence-corrected chi connectivity index (χ2v) is 5.79. The number of likely N-dealkylation sites (N-methyl/N-ethyl adjacent to an activating group) is 1. The minimum atomic E-state index is -0.629. The summed E-state index contributed by atoms with van der Waals surface area (Å²) in [7, 11) is 0. The molecule has 1 aliphatic heterocycles. The van der Waals surface area contributed by atoms with Crippen LogP contribution in [0.1, 0.15) is 38.8 Å². The summed E-state index contributed by atoms with van der Waals surface area (Å²) < 4.78 is 0. The monoisotopic (exact) mass is 233 g/mol. The third-order valence-corrected chi connectivity index (χ3v) is 3.48. The highest BCUT2D eigenvalue weighted by atomic mass is 16.3. The molecule has 0 aromatic heterocycles. The van der Waals surface area contributed by atoms with Crippen molar-refractivity contribution in [3.8, 4) is 0 Å². The minimum absolute atomic E-state index is 0.604. The standard InChI is InChI=1S/C15H23NO/c1-5-16-11(2)8-13-7-6-12(9-14(13)16)10-15(3,4)17/h6-7,9,11,17H,5,8,10H2,1-4H3.